The molecule has 1 aromatic heterocycles. The molecule has 6 nitrogen and oxygen atoms in total. The zero-order chi connectivity index (χ0) is 18.3. The Bertz CT molecular complexity index is 1040. The summed E-state index contributed by atoms with van der Waals surface area (Å²) in [6.07, 6.45) is 1.54. The Balaban J connectivity index is 1.69. The van der Waals surface area contributed by atoms with Gasteiger partial charge in [0.2, 0.25) is 15.9 Å². The highest BCUT2D eigenvalue weighted by molar-refractivity contribution is 7.89. The molecule has 1 atom stereocenters. The molecule has 1 amide bonds. The Morgan fingerprint density at radius 1 is 1.15 bits per heavy atom. The van der Waals surface area contributed by atoms with Crippen molar-refractivity contribution in [3.63, 3.8) is 0 Å². The lowest BCUT2D eigenvalue weighted by molar-refractivity contribution is 0.1000. The summed E-state index contributed by atoms with van der Waals surface area (Å²) >= 11 is 1.54. The molecule has 0 bridgehead atoms. The Labute approximate surface area is 155 Å². The Hall–Kier alpha value is -2.29. The molecule has 0 spiro atoms. The minimum Gasteiger partial charge on any atom is -0.366 e. The first-order chi connectivity index (χ1) is 12.5. The smallest absolute Gasteiger partial charge is 0.248 e. The van der Waals surface area contributed by atoms with Gasteiger partial charge in [-0.2, -0.15) is 4.31 Å². The van der Waals surface area contributed by atoms with Crippen LogP contribution in [0.4, 0.5) is 0 Å². The van der Waals surface area contributed by atoms with Crippen molar-refractivity contribution >= 4 is 37.5 Å². The fourth-order valence-electron chi connectivity index (χ4n) is 3.23. The molecular weight excluding hydrogens is 370 g/mol. The number of amides is 1. The molecule has 26 heavy (non-hydrogen) atoms. The summed E-state index contributed by atoms with van der Waals surface area (Å²) < 4.78 is 28.8. The lowest BCUT2D eigenvalue weighted by Crippen LogP contribution is -2.30. The molecule has 0 saturated carbocycles. The van der Waals surface area contributed by atoms with Crippen molar-refractivity contribution in [2.24, 2.45) is 5.73 Å². The number of primary amides is 1. The van der Waals surface area contributed by atoms with E-state index in [4.69, 9.17) is 5.73 Å². The number of nitrogens with two attached hydrogens (primary N) is 1. The first-order valence-corrected chi connectivity index (χ1v) is 10.5. The van der Waals surface area contributed by atoms with E-state index in [1.165, 1.54) is 39.9 Å². The van der Waals surface area contributed by atoms with Crippen LogP contribution in [0.25, 0.3) is 10.2 Å². The van der Waals surface area contributed by atoms with Gasteiger partial charge in [0.05, 0.1) is 21.2 Å². The van der Waals surface area contributed by atoms with Crippen LogP contribution in [0.15, 0.2) is 53.4 Å². The number of carbonyl (C=O) groups is 1. The van der Waals surface area contributed by atoms with Gasteiger partial charge in [-0.05, 0) is 49.2 Å². The van der Waals surface area contributed by atoms with E-state index in [0.29, 0.717) is 6.54 Å². The van der Waals surface area contributed by atoms with Gasteiger partial charge < -0.3 is 5.73 Å². The summed E-state index contributed by atoms with van der Waals surface area (Å²) in [7, 11) is -3.67. The summed E-state index contributed by atoms with van der Waals surface area (Å²) in [6, 6.07) is 13.3. The van der Waals surface area contributed by atoms with Crippen molar-refractivity contribution in [1.82, 2.24) is 9.29 Å². The zero-order valence-electron chi connectivity index (χ0n) is 13.8. The molecule has 0 radical (unpaired) electrons. The highest BCUT2D eigenvalue weighted by atomic mass is 32.2. The third kappa shape index (κ3) is 2.90. The summed E-state index contributed by atoms with van der Waals surface area (Å²) in [5.74, 6) is -0.581. The minimum atomic E-state index is -3.67. The summed E-state index contributed by atoms with van der Waals surface area (Å²) in [6.45, 7) is 0.459. The lowest BCUT2D eigenvalue weighted by atomic mass is 10.2. The van der Waals surface area contributed by atoms with Gasteiger partial charge in [-0.15, -0.1) is 11.3 Å². The van der Waals surface area contributed by atoms with E-state index >= 15 is 0 Å². The maximum atomic E-state index is 13.1. The van der Waals surface area contributed by atoms with Crippen molar-refractivity contribution in [3.05, 3.63) is 59.1 Å². The Morgan fingerprint density at radius 2 is 1.88 bits per heavy atom. The SMILES string of the molecule is NC(=O)c1ccc(S(=O)(=O)N2CCCC2c2nc3ccccc3s2)cc1. The molecule has 1 aliphatic rings. The van der Waals surface area contributed by atoms with Gasteiger partial charge >= 0.3 is 0 Å². The van der Waals surface area contributed by atoms with Crippen LogP contribution in [-0.4, -0.2) is 30.2 Å². The van der Waals surface area contributed by atoms with Crippen LogP contribution in [0.3, 0.4) is 0 Å². The fourth-order valence-corrected chi connectivity index (χ4v) is 6.08. The number of para-hydroxylation sites is 1. The minimum absolute atomic E-state index is 0.163. The number of hydrogen-bond donors (Lipinski definition) is 1. The van der Waals surface area contributed by atoms with Crippen LogP contribution in [0.5, 0.6) is 0 Å². The van der Waals surface area contributed by atoms with E-state index < -0.39 is 15.9 Å². The second-order valence-corrected chi connectivity index (χ2v) is 9.14. The molecule has 1 unspecified atom stereocenters. The molecule has 0 aliphatic carbocycles. The van der Waals surface area contributed by atoms with Crippen LogP contribution in [0, 0.1) is 0 Å². The average Bonchev–Trinajstić information content (AvgIpc) is 3.28. The van der Waals surface area contributed by atoms with Crippen molar-refractivity contribution in [2.75, 3.05) is 6.54 Å². The van der Waals surface area contributed by atoms with Gasteiger partial charge in [0, 0.05) is 12.1 Å². The van der Waals surface area contributed by atoms with Gasteiger partial charge in [0.25, 0.3) is 0 Å². The van der Waals surface area contributed by atoms with Crippen LogP contribution >= 0.6 is 11.3 Å². The molecule has 1 saturated heterocycles. The maximum Gasteiger partial charge on any atom is 0.248 e. The van der Waals surface area contributed by atoms with E-state index in [1.54, 1.807) is 0 Å². The summed E-state index contributed by atoms with van der Waals surface area (Å²) in [5.41, 5.74) is 6.40. The van der Waals surface area contributed by atoms with Crippen molar-refractivity contribution < 1.29 is 13.2 Å². The first-order valence-electron chi connectivity index (χ1n) is 8.24. The normalized spacial score (nSPS) is 18.4. The third-order valence-corrected chi connectivity index (χ3v) is 7.60. The number of thiazole rings is 1. The largest absolute Gasteiger partial charge is 0.366 e. The second kappa shape index (κ2) is 6.46. The van der Waals surface area contributed by atoms with Crippen molar-refractivity contribution in [1.29, 1.82) is 0 Å². The first kappa shape index (κ1) is 17.1. The zero-order valence-corrected chi connectivity index (χ0v) is 15.5. The van der Waals surface area contributed by atoms with E-state index in [1.807, 2.05) is 24.3 Å². The van der Waals surface area contributed by atoms with Crippen LogP contribution < -0.4 is 5.73 Å². The van der Waals surface area contributed by atoms with E-state index in [0.717, 1.165) is 28.1 Å². The highest BCUT2D eigenvalue weighted by Crippen LogP contribution is 2.39. The predicted molar refractivity (Wildman–Crippen MR) is 100 cm³/mol. The van der Waals surface area contributed by atoms with E-state index in [9.17, 15) is 13.2 Å². The van der Waals surface area contributed by atoms with Crippen LogP contribution in [0.1, 0.15) is 34.2 Å². The number of nitrogens with zero attached hydrogens (tertiary/aromatic N) is 2. The third-order valence-electron chi connectivity index (χ3n) is 4.54. The number of hydrogen-bond acceptors (Lipinski definition) is 5. The molecule has 2 heterocycles. The van der Waals surface area contributed by atoms with Gasteiger partial charge in [0.15, 0.2) is 0 Å². The predicted octanol–water partition coefficient (Wildman–Crippen LogP) is 2.92. The number of fused-ring (bicyclic) bond motifs is 1. The van der Waals surface area contributed by atoms with Crippen molar-refractivity contribution in [2.45, 2.75) is 23.8 Å². The van der Waals surface area contributed by atoms with Gasteiger partial charge in [0.1, 0.15) is 5.01 Å². The highest BCUT2D eigenvalue weighted by Gasteiger charge is 2.37. The van der Waals surface area contributed by atoms with Crippen LogP contribution in [-0.2, 0) is 10.0 Å². The molecule has 4 rings (SSSR count). The number of benzene rings is 2. The number of carbonyl (C=O) groups excluding carboxylic acids is 1. The quantitative estimate of drug-likeness (QED) is 0.745. The van der Waals surface area contributed by atoms with Gasteiger partial charge in [-0.3, -0.25) is 4.79 Å². The van der Waals surface area contributed by atoms with Gasteiger partial charge in [-0.1, -0.05) is 12.1 Å². The molecule has 2 aromatic carbocycles. The molecular formula is C18H17N3O3S2. The molecule has 134 valence electrons. The van der Waals surface area contributed by atoms with E-state index in [2.05, 4.69) is 4.98 Å². The molecule has 1 fully saturated rings. The standard InChI is InChI=1S/C18H17N3O3S2/c19-17(22)12-7-9-13(10-8-12)26(23,24)21-11-3-5-15(21)18-20-14-4-1-2-6-16(14)25-18/h1-2,4,6-10,15H,3,5,11H2,(H2,19,22). The van der Waals surface area contributed by atoms with Crippen molar-refractivity contribution in [3.8, 4) is 0 Å². The van der Waals surface area contributed by atoms with Gasteiger partial charge in [-0.25, -0.2) is 13.4 Å². The molecule has 8 heteroatoms. The fraction of sp³-hybridized carbons (Fsp3) is 0.222. The maximum absolute atomic E-state index is 13.1. The number of rotatable bonds is 4. The average molecular weight is 387 g/mol. The molecule has 1 aliphatic heterocycles. The second-order valence-electron chi connectivity index (χ2n) is 6.18. The lowest BCUT2D eigenvalue weighted by Gasteiger charge is -2.22. The number of aromatic nitrogens is 1. The monoisotopic (exact) mass is 387 g/mol. The Kier molecular flexibility index (Phi) is 4.26. The molecule has 2 N–H and O–H groups in total. The topological polar surface area (TPSA) is 93.4 Å². The van der Waals surface area contributed by atoms with Crippen LogP contribution in [0.2, 0.25) is 0 Å². The summed E-state index contributed by atoms with van der Waals surface area (Å²) in [4.78, 5) is 16.0. The molecule has 3 aromatic rings. The number of sulfonamides is 1. The van der Waals surface area contributed by atoms with E-state index in [-0.39, 0.29) is 16.5 Å². The Morgan fingerprint density at radius 3 is 2.58 bits per heavy atom. The summed E-state index contributed by atoms with van der Waals surface area (Å²) in [5, 5.41) is 0.820.